The molecule has 21 heavy (non-hydrogen) atoms. The molecule has 0 aliphatic rings. The normalized spacial score (nSPS) is 10.8. The minimum Gasteiger partial charge on any atom is -0.256 e. The number of aromatic nitrogens is 1. The van der Waals surface area contributed by atoms with Crippen molar-refractivity contribution in [3.8, 4) is 11.3 Å². The van der Waals surface area contributed by atoms with Crippen molar-refractivity contribution in [3.63, 3.8) is 0 Å². The predicted molar refractivity (Wildman–Crippen MR) is 82.1 cm³/mol. The van der Waals surface area contributed by atoms with Crippen LogP contribution in [0, 0.1) is 11.6 Å². The van der Waals surface area contributed by atoms with Crippen LogP contribution >= 0.6 is 0 Å². The Kier molecular flexibility index (Phi) is 5.85. The van der Waals surface area contributed by atoms with Crippen LogP contribution in [0.4, 0.5) is 8.78 Å². The maximum Gasteiger partial charge on any atom is 0.135 e. The zero-order valence-corrected chi connectivity index (χ0v) is 12.4. The van der Waals surface area contributed by atoms with Crippen molar-refractivity contribution < 1.29 is 8.78 Å². The van der Waals surface area contributed by atoms with Gasteiger partial charge in [0.15, 0.2) is 0 Å². The van der Waals surface area contributed by atoms with E-state index in [4.69, 9.17) is 0 Å². The Morgan fingerprint density at radius 1 is 0.952 bits per heavy atom. The SMILES string of the molecule is CCCCCCCc1ccnc(-c2ccc(F)cc2F)c1. The molecule has 1 nitrogen and oxygen atoms in total. The van der Waals surface area contributed by atoms with Crippen LogP contribution in [0.5, 0.6) is 0 Å². The number of aryl methyl sites for hydroxylation is 1. The summed E-state index contributed by atoms with van der Waals surface area (Å²) in [5.74, 6) is -1.13. The van der Waals surface area contributed by atoms with E-state index in [9.17, 15) is 8.78 Å². The highest BCUT2D eigenvalue weighted by Gasteiger charge is 2.08. The molecule has 1 heterocycles. The van der Waals surface area contributed by atoms with Crippen molar-refractivity contribution >= 4 is 0 Å². The van der Waals surface area contributed by atoms with E-state index in [1.165, 1.54) is 37.8 Å². The average Bonchev–Trinajstić information content (AvgIpc) is 2.47. The van der Waals surface area contributed by atoms with Gasteiger partial charge in [0.1, 0.15) is 11.6 Å². The van der Waals surface area contributed by atoms with Crippen LogP contribution in [0.25, 0.3) is 11.3 Å². The minimum atomic E-state index is -0.567. The molecule has 0 aliphatic carbocycles. The lowest BCUT2D eigenvalue weighted by Gasteiger charge is -2.06. The summed E-state index contributed by atoms with van der Waals surface area (Å²) >= 11 is 0. The van der Waals surface area contributed by atoms with E-state index in [0.29, 0.717) is 11.3 Å². The first kappa shape index (κ1) is 15.6. The summed E-state index contributed by atoms with van der Waals surface area (Å²) in [5, 5.41) is 0. The number of nitrogens with zero attached hydrogens (tertiary/aromatic N) is 1. The topological polar surface area (TPSA) is 12.9 Å². The maximum atomic E-state index is 13.8. The monoisotopic (exact) mass is 289 g/mol. The third-order valence-corrected chi connectivity index (χ3v) is 3.60. The fourth-order valence-corrected chi connectivity index (χ4v) is 2.41. The van der Waals surface area contributed by atoms with Gasteiger partial charge in [0.25, 0.3) is 0 Å². The lowest BCUT2D eigenvalue weighted by atomic mass is 10.0. The van der Waals surface area contributed by atoms with Crippen LogP contribution < -0.4 is 0 Å². The minimum absolute atomic E-state index is 0.351. The second-order valence-electron chi connectivity index (χ2n) is 5.34. The van der Waals surface area contributed by atoms with Gasteiger partial charge in [0.2, 0.25) is 0 Å². The third-order valence-electron chi connectivity index (χ3n) is 3.60. The van der Waals surface area contributed by atoms with E-state index in [0.717, 1.165) is 24.5 Å². The molecule has 2 aromatic rings. The first-order valence-electron chi connectivity index (χ1n) is 7.61. The molecule has 0 fully saturated rings. The van der Waals surface area contributed by atoms with Gasteiger partial charge in [-0.3, -0.25) is 4.98 Å². The van der Waals surface area contributed by atoms with Crippen molar-refractivity contribution in [2.45, 2.75) is 45.4 Å². The molecule has 0 bridgehead atoms. The van der Waals surface area contributed by atoms with Crippen LogP contribution in [0.15, 0.2) is 36.5 Å². The summed E-state index contributed by atoms with van der Waals surface area (Å²) in [7, 11) is 0. The summed E-state index contributed by atoms with van der Waals surface area (Å²) in [5.41, 5.74) is 2.07. The van der Waals surface area contributed by atoms with E-state index >= 15 is 0 Å². The smallest absolute Gasteiger partial charge is 0.135 e. The molecule has 1 aromatic heterocycles. The van der Waals surface area contributed by atoms with Crippen LogP contribution in [-0.2, 0) is 6.42 Å². The quantitative estimate of drug-likeness (QED) is 0.610. The van der Waals surface area contributed by atoms with Gasteiger partial charge in [-0.1, -0.05) is 32.6 Å². The summed E-state index contributed by atoms with van der Waals surface area (Å²) in [6.45, 7) is 2.20. The number of unbranched alkanes of at least 4 members (excludes halogenated alkanes) is 4. The maximum absolute atomic E-state index is 13.8. The highest BCUT2D eigenvalue weighted by Crippen LogP contribution is 2.22. The van der Waals surface area contributed by atoms with E-state index in [2.05, 4.69) is 11.9 Å². The van der Waals surface area contributed by atoms with Gasteiger partial charge in [-0.15, -0.1) is 0 Å². The molecule has 0 aliphatic heterocycles. The second kappa shape index (κ2) is 7.87. The van der Waals surface area contributed by atoms with E-state index in [1.54, 1.807) is 6.20 Å². The Morgan fingerprint density at radius 3 is 2.52 bits per heavy atom. The summed E-state index contributed by atoms with van der Waals surface area (Å²) in [4.78, 5) is 4.20. The highest BCUT2D eigenvalue weighted by molar-refractivity contribution is 5.60. The number of hydrogen-bond acceptors (Lipinski definition) is 1. The van der Waals surface area contributed by atoms with Gasteiger partial charge in [0, 0.05) is 17.8 Å². The van der Waals surface area contributed by atoms with Gasteiger partial charge in [-0.2, -0.15) is 0 Å². The van der Waals surface area contributed by atoms with Gasteiger partial charge < -0.3 is 0 Å². The van der Waals surface area contributed by atoms with Crippen LogP contribution in [-0.4, -0.2) is 4.98 Å². The molecule has 3 heteroatoms. The van der Waals surface area contributed by atoms with Crippen molar-refractivity contribution in [1.29, 1.82) is 0 Å². The molecule has 2 rings (SSSR count). The second-order valence-corrected chi connectivity index (χ2v) is 5.34. The molecule has 0 spiro atoms. The van der Waals surface area contributed by atoms with Gasteiger partial charge in [0.05, 0.1) is 5.69 Å². The Labute approximate surface area is 125 Å². The zero-order chi connectivity index (χ0) is 15.1. The summed E-state index contributed by atoms with van der Waals surface area (Å²) in [6, 6.07) is 7.46. The number of rotatable bonds is 7. The number of hydrogen-bond donors (Lipinski definition) is 0. The van der Waals surface area contributed by atoms with Gasteiger partial charge >= 0.3 is 0 Å². The molecule has 0 saturated heterocycles. The lowest BCUT2D eigenvalue weighted by Crippen LogP contribution is -1.92. The number of pyridine rings is 1. The molecule has 0 saturated carbocycles. The van der Waals surface area contributed by atoms with Crippen LogP contribution in [0.1, 0.15) is 44.6 Å². The standard InChI is InChI=1S/C18H21F2N/c1-2-3-4-5-6-7-14-10-11-21-18(12-14)16-9-8-15(19)13-17(16)20/h8-13H,2-7H2,1H3. The number of halogens is 2. The summed E-state index contributed by atoms with van der Waals surface area (Å²) < 4.78 is 26.7. The zero-order valence-electron chi connectivity index (χ0n) is 12.4. The predicted octanol–water partition coefficient (Wildman–Crippen LogP) is 5.54. The molecule has 0 radical (unpaired) electrons. The summed E-state index contributed by atoms with van der Waals surface area (Å²) in [6.07, 6.45) is 8.81. The molecule has 0 unspecified atom stereocenters. The Bertz CT molecular complexity index is 581. The first-order valence-corrected chi connectivity index (χ1v) is 7.61. The van der Waals surface area contributed by atoms with Crippen LogP contribution in [0.3, 0.4) is 0 Å². The van der Waals surface area contributed by atoms with Crippen molar-refractivity contribution in [3.05, 3.63) is 53.7 Å². The average molecular weight is 289 g/mol. The Balaban J connectivity index is 2.03. The molecule has 112 valence electrons. The first-order chi connectivity index (χ1) is 10.2. The number of benzene rings is 1. The fraction of sp³-hybridized carbons (Fsp3) is 0.389. The molecular weight excluding hydrogens is 268 g/mol. The van der Waals surface area contributed by atoms with E-state index in [1.807, 2.05) is 12.1 Å². The largest absolute Gasteiger partial charge is 0.256 e. The van der Waals surface area contributed by atoms with Gasteiger partial charge in [-0.05, 0) is 42.7 Å². The molecule has 0 amide bonds. The highest BCUT2D eigenvalue weighted by atomic mass is 19.1. The van der Waals surface area contributed by atoms with Crippen molar-refractivity contribution in [2.24, 2.45) is 0 Å². The molecular formula is C18H21F2N. The van der Waals surface area contributed by atoms with E-state index < -0.39 is 11.6 Å². The van der Waals surface area contributed by atoms with Gasteiger partial charge in [-0.25, -0.2) is 8.78 Å². The van der Waals surface area contributed by atoms with Crippen LogP contribution in [0.2, 0.25) is 0 Å². The third kappa shape index (κ3) is 4.62. The van der Waals surface area contributed by atoms with Crippen molar-refractivity contribution in [1.82, 2.24) is 4.98 Å². The molecule has 1 aromatic carbocycles. The Morgan fingerprint density at radius 2 is 1.76 bits per heavy atom. The molecule has 0 N–H and O–H groups in total. The lowest BCUT2D eigenvalue weighted by molar-refractivity contribution is 0.585. The fourth-order valence-electron chi connectivity index (χ4n) is 2.41. The Hall–Kier alpha value is -1.77. The molecule has 0 atom stereocenters. The van der Waals surface area contributed by atoms with E-state index in [-0.39, 0.29) is 0 Å². The van der Waals surface area contributed by atoms with Crippen molar-refractivity contribution in [2.75, 3.05) is 0 Å².